The van der Waals surface area contributed by atoms with E-state index in [1.165, 1.54) is 5.56 Å². The van der Waals surface area contributed by atoms with E-state index in [0.29, 0.717) is 19.0 Å². The number of hydrogen-bond acceptors (Lipinski definition) is 2. The summed E-state index contributed by atoms with van der Waals surface area (Å²) in [6.07, 6.45) is -0.495. The first kappa shape index (κ1) is 16.0. The summed E-state index contributed by atoms with van der Waals surface area (Å²) in [5, 5.41) is 14.2. The van der Waals surface area contributed by atoms with Crippen LogP contribution in [0.25, 0.3) is 0 Å². The summed E-state index contributed by atoms with van der Waals surface area (Å²) in [6.45, 7) is 5.55. The van der Waals surface area contributed by atoms with Gasteiger partial charge in [-0.1, -0.05) is 61.8 Å². The van der Waals surface area contributed by atoms with Gasteiger partial charge >= 0.3 is 0 Å². The van der Waals surface area contributed by atoms with Crippen LogP contribution < -0.4 is 5.32 Å². The Kier molecular flexibility index (Phi) is 5.80. The van der Waals surface area contributed by atoms with Crippen molar-refractivity contribution in [1.29, 1.82) is 0 Å². The SMILES string of the molecule is CC(C)c1ccc(C(O)CNCc2cccc(Cl)c2)cc1. The first-order chi connectivity index (χ1) is 10.1. The Morgan fingerprint density at radius 3 is 2.33 bits per heavy atom. The number of benzene rings is 2. The van der Waals surface area contributed by atoms with Gasteiger partial charge in [0.2, 0.25) is 0 Å². The lowest BCUT2D eigenvalue weighted by Crippen LogP contribution is -2.21. The maximum atomic E-state index is 10.2. The highest BCUT2D eigenvalue weighted by Crippen LogP contribution is 2.18. The lowest BCUT2D eigenvalue weighted by atomic mass is 10.00. The summed E-state index contributed by atoms with van der Waals surface area (Å²) >= 11 is 5.95. The van der Waals surface area contributed by atoms with E-state index in [0.717, 1.165) is 16.1 Å². The molecule has 0 radical (unpaired) electrons. The summed E-state index contributed by atoms with van der Waals surface area (Å²) in [5.74, 6) is 0.511. The van der Waals surface area contributed by atoms with Crippen molar-refractivity contribution in [2.45, 2.75) is 32.4 Å². The van der Waals surface area contributed by atoms with Crippen molar-refractivity contribution in [3.05, 3.63) is 70.2 Å². The van der Waals surface area contributed by atoms with Crippen LogP contribution in [-0.4, -0.2) is 11.7 Å². The molecule has 1 unspecified atom stereocenters. The second-order valence-corrected chi connectivity index (χ2v) is 6.03. The molecule has 2 N–H and O–H groups in total. The van der Waals surface area contributed by atoms with Gasteiger partial charge in [0.15, 0.2) is 0 Å². The second kappa shape index (κ2) is 7.60. The highest BCUT2D eigenvalue weighted by atomic mass is 35.5. The first-order valence-corrected chi connectivity index (χ1v) is 7.67. The van der Waals surface area contributed by atoms with Crippen molar-refractivity contribution in [2.75, 3.05) is 6.54 Å². The van der Waals surface area contributed by atoms with E-state index in [9.17, 15) is 5.11 Å². The van der Waals surface area contributed by atoms with Gasteiger partial charge in [-0.2, -0.15) is 0 Å². The lowest BCUT2D eigenvalue weighted by Gasteiger charge is -2.14. The third kappa shape index (κ3) is 4.85. The van der Waals surface area contributed by atoms with Crippen LogP contribution in [0.5, 0.6) is 0 Å². The zero-order valence-electron chi connectivity index (χ0n) is 12.5. The van der Waals surface area contributed by atoms with E-state index in [1.807, 2.05) is 36.4 Å². The van der Waals surface area contributed by atoms with E-state index in [4.69, 9.17) is 11.6 Å². The Morgan fingerprint density at radius 2 is 1.71 bits per heavy atom. The summed E-state index contributed by atoms with van der Waals surface area (Å²) in [6, 6.07) is 15.9. The smallest absolute Gasteiger partial charge is 0.0914 e. The Balaban J connectivity index is 1.85. The molecule has 1 atom stereocenters. The van der Waals surface area contributed by atoms with E-state index in [1.54, 1.807) is 0 Å². The molecule has 21 heavy (non-hydrogen) atoms. The molecular weight excluding hydrogens is 282 g/mol. The summed E-state index contributed by atoms with van der Waals surface area (Å²) in [7, 11) is 0. The standard InChI is InChI=1S/C18H22ClNO/c1-13(2)15-6-8-16(9-7-15)18(21)12-20-11-14-4-3-5-17(19)10-14/h3-10,13,18,20-21H,11-12H2,1-2H3. The van der Waals surface area contributed by atoms with Gasteiger partial charge in [-0.05, 0) is 34.7 Å². The third-order valence-corrected chi connectivity index (χ3v) is 3.78. The van der Waals surface area contributed by atoms with Gasteiger partial charge in [0.25, 0.3) is 0 Å². The number of aliphatic hydroxyl groups is 1. The van der Waals surface area contributed by atoms with Crippen molar-refractivity contribution in [3.8, 4) is 0 Å². The van der Waals surface area contributed by atoms with E-state index < -0.39 is 6.10 Å². The maximum absolute atomic E-state index is 10.2. The first-order valence-electron chi connectivity index (χ1n) is 7.29. The Labute approximate surface area is 131 Å². The number of nitrogens with one attached hydrogen (secondary N) is 1. The number of hydrogen-bond donors (Lipinski definition) is 2. The van der Waals surface area contributed by atoms with Crippen molar-refractivity contribution in [1.82, 2.24) is 5.32 Å². The molecule has 0 bridgehead atoms. The highest BCUT2D eigenvalue weighted by Gasteiger charge is 2.08. The average Bonchev–Trinajstić information content (AvgIpc) is 2.47. The minimum atomic E-state index is -0.495. The zero-order valence-corrected chi connectivity index (χ0v) is 13.3. The van der Waals surface area contributed by atoms with Crippen LogP contribution in [0.15, 0.2) is 48.5 Å². The zero-order chi connectivity index (χ0) is 15.2. The molecule has 0 aliphatic rings. The molecule has 0 saturated carbocycles. The molecule has 0 heterocycles. The maximum Gasteiger partial charge on any atom is 0.0914 e. The number of rotatable bonds is 6. The topological polar surface area (TPSA) is 32.3 Å². The fourth-order valence-corrected chi connectivity index (χ4v) is 2.43. The van der Waals surface area contributed by atoms with Gasteiger partial charge in [0, 0.05) is 18.1 Å². The quantitative estimate of drug-likeness (QED) is 0.834. The van der Waals surface area contributed by atoms with Crippen LogP contribution in [0.4, 0.5) is 0 Å². The largest absolute Gasteiger partial charge is 0.387 e. The number of aliphatic hydroxyl groups excluding tert-OH is 1. The minimum absolute atomic E-state index is 0.495. The van der Waals surface area contributed by atoms with Gasteiger partial charge in [-0.25, -0.2) is 0 Å². The van der Waals surface area contributed by atoms with Crippen LogP contribution in [0.2, 0.25) is 5.02 Å². The Bertz CT molecular complexity index is 566. The summed E-state index contributed by atoms with van der Waals surface area (Å²) < 4.78 is 0. The molecule has 0 aromatic heterocycles. The molecule has 0 aliphatic carbocycles. The molecule has 112 valence electrons. The fourth-order valence-electron chi connectivity index (χ4n) is 2.22. The molecule has 0 spiro atoms. The van der Waals surface area contributed by atoms with Crippen LogP contribution in [0, 0.1) is 0 Å². The molecule has 2 aromatic carbocycles. The van der Waals surface area contributed by atoms with Crippen LogP contribution in [0.1, 0.15) is 42.6 Å². The van der Waals surface area contributed by atoms with Gasteiger partial charge in [-0.3, -0.25) is 0 Å². The molecule has 0 aliphatic heterocycles. The average molecular weight is 304 g/mol. The molecule has 2 rings (SSSR count). The van der Waals surface area contributed by atoms with Crippen molar-refractivity contribution < 1.29 is 5.11 Å². The summed E-state index contributed by atoms with van der Waals surface area (Å²) in [5.41, 5.74) is 3.35. The van der Waals surface area contributed by atoms with Gasteiger partial charge in [-0.15, -0.1) is 0 Å². The molecular formula is C18H22ClNO. The van der Waals surface area contributed by atoms with Crippen molar-refractivity contribution in [3.63, 3.8) is 0 Å². The highest BCUT2D eigenvalue weighted by molar-refractivity contribution is 6.30. The lowest BCUT2D eigenvalue weighted by molar-refractivity contribution is 0.174. The molecule has 0 amide bonds. The molecule has 0 saturated heterocycles. The molecule has 2 aromatic rings. The molecule has 0 fully saturated rings. The molecule has 3 heteroatoms. The predicted molar refractivity (Wildman–Crippen MR) is 88.6 cm³/mol. The van der Waals surface area contributed by atoms with E-state index in [-0.39, 0.29) is 0 Å². The second-order valence-electron chi connectivity index (χ2n) is 5.60. The summed E-state index contributed by atoms with van der Waals surface area (Å²) in [4.78, 5) is 0. The monoisotopic (exact) mass is 303 g/mol. The van der Waals surface area contributed by atoms with Crippen LogP contribution in [0.3, 0.4) is 0 Å². The predicted octanol–water partition coefficient (Wildman–Crippen LogP) is 4.29. The van der Waals surface area contributed by atoms with Crippen molar-refractivity contribution in [2.24, 2.45) is 0 Å². The van der Waals surface area contributed by atoms with Crippen LogP contribution in [-0.2, 0) is 6.54 Å². The molecule has 2 nitrogen and oxygen atoms in total. The van der Waals surface area contributed by atoms with Crippen molar-refractivity contribution >= 4 is 11.6 Å². The minimum Gasteiger partial charge on any atom is -0.387 e. The fraction of sp³-hybridized carbons (Fsp3) is 0.333. The van der Waals surface area contributed by atoms with Gasteiger partial charge < -0.3 is 10.4 Å². The van der Waals surface area contributed by atoms with Gasteiger partial charge in [0.05, 0.1) is 6.10 Å². The normalized spacial score (nSPS) is 12.6. The third-order valence-electron chi connectivity index (χ3n) is 3.54. The Morgan fingerprint density at radius 1 is 1.05 bits per heavy atom. The Hall–Kier alpha value is -1.35. The van der Waals surface area contributed by atoms with Crippen LogP contribution >= 0.6 is 11.6 Å². The van der Waals surface area contributed by atoms with E-state index >= 15 is 0 Å². The van der Waals surface area contributed by atoms with E-state index in [2.05, 4.69) is 31.3 Å². The van der Waals surface area contributed by atoms with Gasteiger partial charge in [0.1, 0.15) is 0 Å². The number of halogens is 1.